The van der Waals surface area contributed by atoms with Crippen molar-refractivity contribution in [3.63, 3.8) is 0 Å². The second-order valence-corrected chi connectivity index (χ2v) is 5.77. The summed E-state index contributed by atoms with van der Waals surface area (Å²) in [6, 6.07) is 0.289. The van der Waals surface area contributed by atoms with Gasteiger partial charge in [0.15, 0.2) is 0 Å². The zero-order valence-corrected chi connectivity index (χ0v) is 11.6. The van der Waals surface area contributed by atoms with Crippen LogP contribution in [0.25, 0.3) is 0 Å². The van der Waals surface area contributed by atoms with Gasteiger partial charge >= 0.3 is 0 Å². The molecule has 0 aromatic carbocycles. The van der Waals surface area contributed by atoms with Crippen LogP contribution in [0.4, 0.5) is 0 Å². The van der Waals surface area contributed by atoms with Gasteiger partial charge in [-0.25, -0.2) is 0 Å². The van der Waals surface area contributed by atoms with Crippen LogP contribution in [0.1, 0.15) is 45.7 Å². The van der Waals surface area contributed by atoms with Gasteiger partial charge < -0.3 is 10.4 Å². The molecule has 0 saturated carbocycles. The lowest BCUT2D eigenvalue weighted by atomic mass is 9.86. The van der Waals surface area contributed by atoms with Crippen molar-refractivity contribution in [2.24, 2.45) is 12.5 Å². The molecule has 17 heavy (non-hydrogen) atoms. The molecule has 0 fully saturated rings. The number of aliphatic hydroxyl groups excluding tert-OH is 1. The Morgan fingerprint density at radius 3 is 2.59 bits per heavy atom. The highest BCUT2D eigenvalue weighted by Crippen LogP contribution is 2.22. The molecule has 2 unspecified atom stereocenters. The van der Waals surface area contributed by atoms with E-state index in [-0.39, 0.29) is 17.6 Å². The minimum absolute atomic E-state index is 0.102. The van der Waals surface area contributed by atoms with E-state index in [0.717, 1.165) is 13.0 Å². The maximum Gasteiger partial charge on any atom is 0.0537 e. The Labute approximate surface area is 104 Å². The van der Waals surface area contributed by atoms with E-state index >= 15 is 0 Å². The lowest BCUT2D eigenvalue weighted by Crippen LogP contribution is -2.33. The van der Waals surface area contributed by atoms with Crippen LogP contribution in [-0.4, -0.2) is 27.5 Å². The van der Waals surface area contributed by atoms with Crippen LogP contribution in [0.15, 0.2) is 12.4 Å². The Hall–Kier alpha value is -0.870. The number of aromatic nitrogens is 2. The number of aliphatic hydroxyl groups is 1. The van der Waals surface area contributed by atoms with Gasteiger partial charge in [-0.1, -0.05) is 13.8 Å². The van der Waals surface area contributed by atoms with Crippen molar-refractivity contribution < 1.29 is 5.11 Å². The molecule has 4 heteroatoms. The maximum atomic E-state index is 9.43. The van der Waals surface area contributed by atoms with Gasteiger partial charge in [-0.05, 0) is 25.7 Å². The lowest BCUT2D eigenvalue weighted by molar-refractivity contribution is 0.127. The number of hydrogen-bond acceptors (Lipinski definition) is 3. The van der Waals surface area contributed by atoms with E-state index in [4.69, 9.17) is 0 Å². The van der Waals surface area contributed by atoms with E-state index in [1.54, 1.807) is 0 Å². The van der Waals surface area contributed by atoms with Crippen molar-refractivity contribution in [3.8, 4) is 0 Å². The van der Waals surface area contributed by atoms with Crippen LogP contribution in [0, 0.1) is 5.41 Å². The van der Waals surface area contributed by atoms with Crippen LogP contribution in [0.2, 0.25) is 0 Å². The third-order valence-electron chi connectivity index (χ3n) is 2.96. The minimum Gasteiger partial charge on any atom is -0.393 e. The average molecular weight is 239 g/mol. The van der Waals surface area contributed by atoms with Gasteiger partial charge in [-0.2, -0.15) is 5.10 Å². The summed E-state index contributed by atoms with van der Waals surface area (Å²) in [5.74, 6) is 0. The Morgan fingerprint density at radius 2 is 2.12 bits per heavy atom. The number of aryl methyl sites for hydroxylation is 1. The first kappa shape index (κ1) is 14.2. The highest BCUT2D eigenvalue weighted by atomic mass is 16.3. The van der Waals surface area contributed by atoms with Crippen molar-refractivity contribution in [1.29, 1.82) is 0 Å². The summed E-state index contributed by atoms with van der Waals surface area (Å²) in [6.45, 7) is 9.20. The number of rotatable bonds is 6. The predicted molar refractivity (Wildman–Crippen MR) is 69.7 cm³/mol. The van der Waals surface area contributed by atoms with Crippen molar-refractivity contribution in [2.75, 3.05) is 6.54 Å². The summed E-state index contributed by atoms with van der Waals surface area (Å²) in [6.07, 6.45) is 4.47. The molecular formula is C13H25N3O. The lowest BCUT2D eigenvalue weighted by Gasteiger charge is -2.28. The summed E-state index contributed by atoms with van der Waals surface area (Å²) in [4.78, 5) is 0. The quantitative estimate of drug-likeness (QED) is 0.797. The summed E-state index contributed by atoms with van der Waals surface area (Å²) >= 11 is 0. The fourth-order valence-electron chi connectivity index (χ4n) is 2.08. The van der Waals surface area contributed by atoms with Gasteiger partial charge in [-0.3, -0.25) is 4.68 Å². The van der Waals surface area contributed by atoms with Crippen molar-refractivity contribution in [3.05, 3.63) is 18.0 Å². The van der Waals surface area contributed by atoms with Crippen molar-refractivity contribution in [2.45, 2.75) is 46.3 Å². The fraction of sp³-hybridized carbons (Fsp3) is 0.769. The molecule has 1 rings (SSSR count). The van der Waals surface area contributed by atoms with Gasteiger partial charge in [0.1, 0.15) is 0 Å². The molecule has 2 atom stereocenters. The highest BCUT2D eigenvalue weighted by Gasteiger charge is 2.21. The first-order chi connectivity index (χ1) is 7.80. The normalized spacial score (nSPS) is 15.9. The van der Waals surface area contributed by atoms with E-state index in [1.165, 1.54) is 5.56 Å². The third kappa shape index (κ3) is 4.88. The SMILES string of the molecule is CC(O)CC(C)(C)CNC(C)c1cnn(C)c1. The third-order valence-corrected chi connectivity index (χ3v) is 2.96. The standard InChI is InChI=1S/C13H25N3O/c1-10(17)6-13(3,4)9-14-11(2)12-7-15-16(5)8-12/h7-8,10-11,14,17H,6,9H2,1-5H3. The molecule has 0 spiro atoms. The average Bonchev–Trinajstić information content (AvgIpc) is 2.59. The zero-order valence-electron chi connectivity index (χ0n) is 11.6. The Morgan fingerprint density at radius 1 is 1.47 bits per heavy atom. The molecule has 1 aromatic rings. The molecule has 0 radical (unpaired) electrons. The maximum absolute atomic E-state index is 9.43. The first-order valence-electron chi connectivity index (χ1n) is 6.20. The molecule has 0 aliphatic rings. The molecule has 2 N–H and O–H groups in total. The van der Waals surface area contributed by atoms with Crippen LogP contribution < -0.4 is 5.32 Å². The number of nitrogens with zero attached hydrogens (tertiary/aromatic N) is 2. The molecule has 0 aliphatic carbocycles. The predicted octanol–water partition coefficient (Wildman–Crippen LogP) is 1.87. The van der Waals surface area contributed by atoms with E-state index < -0.39 is 0 Å². The second kappa shape index (κ2) is 5.65. The van der Waals surface area contributed by atoms with Crippen LogP contribution in [0.3, 0.4) is 0 Å². The second-order valence-electron chi connectivity index (χ2n) is 5.77. The highest BCUT2D eigenvalue weighted by molar-refractivity contribution is 5.08. The van der Waals surface area contributed by atoms with Gasteiger partial charge in [-0.15, -0.1) is 0 Å². The monoisotopic (exact) mass is 239 g/mol. The summed E-state index contributed by atoms with van der Waals surface area (Å²) in [7, 11) is 1.92. The molecule has 0 aliphatic heterocycles. The van der Waals surface area contributed by atoms with E-state index in [2.05, 4.69) is 31.2 Å². The van der Waals surface area contributed by atoms with Crippen molar-refractivity contribution in [1.82, 2.24) is 15.1 Å². The van der Waals surface area contributed by atoms with Crippen LogP contribution >= 0.6 is 0 Å². The fourth-order valence-corrected chi connectivity index (χ4v) is 2.08. The summed E-state index contributed by atoms with van der Waals surface area (Å²) < 4.78 is 1.81. The molecule has 1 heterocycles. The molecule has 0 amide bonds. The van der Waals surface area contributed by atoms with Gasteiger partial charge in [0.25, 0.3) is 0 Å². The van der Waals surface area contributed by atoms with E-state index in [9.17, 15) is 5.11 Å². The Balaban J connectivity index is 2.45. The van der Waals surface area contributed by atoms with Crippen molar-refractivity contribution >= 4 is 0 Å². The van der Waals surface area contributed by atoms with E-state index in [1.807, 2.05) is 31.0 Å². The number of nitrogens with one attached hydrogen (secondary N) is 1. The molecular weight excluding hydrogens is 214 g/mol. The van der Waals surface area contributed by atoms with E-state index in [0.29, 0.717) is 0 Å². The molecule has 0 saturated heterocycles. The molecule has 4 nitrogen and oxygen atoms in total. The summed E-state index contributed by atoms with van der Waals surface area (Å²) in [5.41, 5.74) is 1.30. The van der Waals surface area contributed by atoms with Crippen LogP contribution in [0.5, 0.6) is 0 Å². The topological polar surface area (TPSA) is 50.1 Å². The van der Waals surface area contributed by atoms with Gasteiger partial charge in [0, 0.05) is 31.4 Å². The minimum atomic E-state index is -0.250. The zero-order chi connectivity index (χ0) is 13.1. The van der Waals surface area contributed by atoms with Crippen LogP contribution in [-0.2, 0) is 7.05 Å². The first-order valence-corrected chi connectivity index (χ1v) is 6.20. The molecule has 1 aromatic heterocycles. The summed E-state index contributed by atoms with van der Waals surface area (Å²) in [5, 5.41) is 17.1. The van der Waals surface area contributed by atoms with Gasteiger partial charge in [0.05, 0.1) is 12.3 Å². The molecule has 98 valence electrons. The largest absolute Gasteiger partial charge is 0.393 e. The Kier molecular flexibility index (Phi) is 4.71. The Bertz CT molecular complexity index is 344. The number of hydrogen-bond donors (Lipinski definition) is 2. The smallest absolute Gasteiger partial charge is 0.0537 e. The van der Waals surface area contributed by atoms with Gasteiger partial charge in [0.2, 0.25) is 0 Å². The molecule has 0 bridgehead atoms.